The third-order valence-corrected chi connectivity index (χ3v) is 7.37. The molecule has 2 aromatic carbocycles. The van der Waals surface area contributed by atoms with Gasteiger partial charge in [0.2, 0.25) is 0 Å². The van der Waals surface area contributed by atoms with Gasteiger partial charge in [0.1, 0.15) is 0 Å². The molecule has 0 fully saturated rings. The summed E-state index contributed by atoms with van der Waals surface area (Å²) in [5.41, 5.74) is 4.22. The van der Waals surface area contributed by atoms with Gasteiger partial charge in [0.25, 0.3) is 0 Å². The minimum absolute atomic E-state index is 0.0187. The van der Waals surface area contributed by atoms with Gasteiger partial charge < -0.3 is 19.5 Å². The molecule has 1 aliphatic heterocycles. The lowest BCUT2D eigenvalue weighted by Crippen LogP contribution is -2.36. The van der Waals surface area contributed by atoms with Gasteiger partial charge in [-0.15, -0.1) is 0 Å². The molecule has 0 radical (unpaired) electrons. The average molecular weight is 510 g/mol. The number of ether oxygens (including phenoxy) is 3. The van der Waals surface area contributed by atoms with Crippen LogP contribution in [0.15, 0.2) is 65.0 Å². The van der Waals surface area contributed by atoms with Crippen LogP contribution in [-0.2, 0) is 14.3 Å². The molecule has 0 saturated heterocycles. The summed E-state index contributed by atoms with van der Waals surface area (Å²) >= 11 is 6.62. The van der Waals surface area contributed by atoms with Gasteiger partial charge in [-0.2, -0.15) is 0 Å². The molecule has 1 aliphatic carbocycles. The van der Waals surface area contributed by atoms with Crippen molar-refractivity contribution in [3.8, 4) is 11.5 Å². The summed E-state index contributed by atoms with van der Waals surface area (Å²) in [5.74, 6) is 0.178. The molecule has 36 heavy (non-hydrogen) atoms. The van der Waals surface area contributed by atoms with E-state index in [1.807, 2.05) is 57.2 Å². The Hall–Kier alpha value is -3.25. The van der Waals surface area contributed by atoms with E-state index < -0.39 is 11.9 Å². The topological polar surface area (TPSA) is 73.9 Å². The maximum absolute atomic E-state index is 13.8. The molecule has 0 saturated carbocycles. The van der Waals surface area contributed by atoms with Crippen molar-refractivity contribution in [1.82, 2.24) is 5.32 Å². The van der Waals surface area contributed by atoms with Crippen molar-refractivity contribution in [3.05, 3.63) is 81.2 Å². The van der Waals surface area contributed by atoms with E-state index in [0.717, 1.165) is 16.8 Å². The number of carbonyl (C=O) groups excluding carboxylic acids is 2. The number of rotatable bonds is 7. The number of hydrogen-bond donors (Lipinski definition) is 1. The standard InChI is InChI=1S/C29H32ClNO5/c1-6-16(2)36-29(33)26-17(3)31-22-13-19(18-11-12-24(34-4)25(15-18)35-5)14-23(32)28(22)27(26)20-9-7-8-10-21(20)30/h7-12,15-16,19,27,31H,6,13-14H2,1-5H3/t16-,19+,27+/m1/s1. The highest BCUT2D eigenvalue weighted by atomic mass is 35.5. The van der Waals surface area contributed by atoms with Crippen LogP contribution in [0, 0.1) is 0 Å². The van der Waals surface area contributed by atoms with Gasteiger partial charge in [-0.3, -0.25) is 4.79 Å². The Morgan fingerprint density at radius 2 is 1.83 bits per heavy atom. The zero-order chi connectivity index (χ0) is 26.0. The second kappa shape index (κ2) is 10.8. The maximum atomic E-state index is 13.8. The number of allylic oxidation sites excluding steroid dienone is 3. The van der Waals surface area contributed by atoms with E-state index in [4.69, 9.17) is 25.8 Å². The first-order chi connectivity index (χ1) is 17.3. The molecule has 2 aliphatic rings. The zero-order valence-electron chi connectivity index (χ0n) is 21.3. The highest BCUT2D eigenvalue weighted by molar-refractivity contribution is 6.31. The predicted molar refractivity (Wildman–Crippen MR) is 139 cm³/mol. The number of hydrogen-bond acceptors (Lipinski definition) is 6. The van der Waals surface area contributed by atoms with Gasteiger partial charge in [0.05, 0.1) is 25.9 Å². The van der Waals surface area contributed by atoms with E-state index >= 15 is 0 Å². The van der Waals surface area contributed by atoms with Gasteiger partial charge in [-0.25, -0.2) is 4.79 Å². The van der Waals surface area contributed by atoms with E-state index in [-0.39, 0.29) is 17.8 Å². The van der Waals surface area contributed by atoms with Gasteiger partial charge in [0, 0.05) is 34.3 Å². The second-order valence-electron chi connectivity index (χ2n) is 9.28. The minimum atomic E-state index is -0.592. The Bertz CT molecular complexity index is 1250. The van der Waals surface area contributed by atoms with Crippen LogP contribution in [0.2, 0.25) is 5.02 Å². The molecule has 7 heteroatoms. The van der Waals surface area contributed by atoms with Gasteiger partial charge >= 0.3 is 5.97 Å². The molecule has 1 N–H and O–H groups in total. The first-order valence-corrected chi connectivity index (χ1v) is 12.6. The minimum Gasteiger partial charge on any atom is -0.493 e. The molecule has 0 bridgehead atoms. The summed E-state index contributed by atoms with van der Waals surface area (Å²) in [5, 5.41) is 3.89. The summed E-state index contributed by atoms with van der Waals surface area (Å²) in [6.07, 6.45) is 1.38. The average Bonchev–Trinajstić information content (AvgIpc) is 2.87. The summed E-state index contributed by atoms with van der Waals surface area (Å²) in [6, 6.07) is 13.1. The Morgan fingerprint density at radius 3 is 2.50 bits per heavy atom. The van der Waals surface area contributed by atoms with Gasteiger partial charge in [-0.05, 0) is 61.9 Å². The number of benzene rings is 2. The number of halogens is 1. The van der Waals surface area contributed by atoms with E-state index in [9.17, 15) is 9.59 Å². The quantitative estimate of drug-likeness (QED) is 0.457. The monoisotopic (exact) mass is 509 g/mol. The lowest BCUT2D eigenvalue weighted by molar-refractivity contribution is -0.144. The number of esters is 1. The molecule has 0 spiro atoms. The van der Waals surface area contributed by atoms with Gasteiger partial charge in [-0.1, -0.05) is 42.8 Å². The van der Waals surface area contributed by atoms with Crippen LogP contribution in [0.5, 0.6) is 11.5 Å². The summed E-state index contributed by atoms with van der Waals surface area (Å²) in [7, 11) is 3.19. The fourth-order valence-electron chi connectivity index (χ4n) is 5.00. The molecule has 4 rings (SSSR count). The molecule has 0 aromatic heterocycles. The largest absolute Gasteiger partial charge is 0.493 e. The smallest absolute Gasteiger partial charge is 0.337 e. The Kier molecular flexibility index (Phi) is 7.74. The van der Waals surface area contributed by atoms with E-state index in [0.29, 0.717) is 52.6 Å². The van der Waals surface area contributed by atoms with Crippen molar-refractivity contribution >= 4 is 23.4 Å². The number of ketones is 1. The van der Waals surface area contributed by atoms with E-state index in [2.05, 4.69) is 5.32 Å². The van der Waals surface area contributed by atoms with Crippen LogP contribution in [0.4, 0.5) is 0 Å². The number of methoxy groups -OCH3 is 2. The summed E-state index contributed by atoms with van der Waals surface area (Å²) in [4.78, 5) is 27.1. The van der Waals surface area contributed by atoms with Crippen molar-refractivity contribution in [2.45, 2.75) is 58.0 Å². The lowest BCUT2D eigenvalue weighted by atomic mass is 9.71. The molecule has 6 nitrogen and oxygen atoms in total. The first-order valence-electron chi connectivity index (χ1n) is 12.2. The number of carbonyl (C=O) groups is 2. The molecule has 3 atom stereocenters. The normalized spacial score (nSPS) is 20.4. The van der Waals surface area contributed by atoms with Crippen molar-refractivity contribution in [3.63, 3.8) is 0 Å². The van der Waals surface area contributed by atoms with E-state index in [1.54, 1.807) is 20.3 Å². The van der Waals surface area contributed by atoms with Crippen LogP contribution in [0.3, 0.4) is 0 Å². The number of dihydropyridines is 1. The highest BCUT2D eigenvalue weighted by Gasteiger charge is 2.42. The third kappa shape index (κ3) is 4.87. The van der Waals surface area contributed by atoms with Gasteiger partial charge in [0.15, 0.2) is 17.3 Å². The molecule has 0 unspecified atom stereocenters. The molecular weight excluding hydrogens is 478 g/mol. The fourth-order valence-corrected chi connectivity index (χ4v) is 5.25. The third-order valence-electron chi connectivity index (χ3n) is 7.03. The Morgan fingerprint density at radius 1 is 1.11 bits per heavy atom. The molecular formula is C29H32ClNO5. The SMILES string of the molecule is CC[C@@H](C)OC(=O)C1=C(C)NC2=C(C(=O)C[C@@H](c3ccc(OC)c(OC)c3)C2)[C@H]1c1ccccc1Cl. The molecule has 190 valence electrons. The van der Waals surface area contributed by atoms with Crippen molar-refractivity contribution in [1.29, 1.82) is 0 Å². The zero-order valence-corrected chi connectivity index (χ0v) is 22.1. The maximum Gasteiger partial charge on any atom is 0.337 e. The lowest BCUT2D eigenvalue weighted by Gasteiger charge is -2.37. The highest BCUT2D eigenvalue weighted by Crippen LogP contribution is 2.47. The Balaban J connectivity index is 1.77. The van der Waals surface area contributed by atoms with Crippen LogP contribution < -0.4 is 14.8 Å². The van der Waals surface area contributed by atoms with Crippen LogP contribution in [-0.4, -0.2) is 32.1 Å². The summed E-state index contributed by atoms with van der Waals surface area (Å²) in [6.45, 7) is 5.67. The van der Waals surface area contributed by atoms with Crippen LogP contribution in [0.25, 0.3) is 0 Å². The number of Topliss-reactive ketones (excluding diaryl/α,β-unsaturated/α-hetero) is 1. The molecule has 0 amide bonds. The molecule has 1 heterocycles. The summed E-state index contributed by atoms with van der Waals surface area (Å²) < 4.78 is 16.6. The fraction of sp³-hybridized carbons (Fsp3) is 0.379. The Labute approximate surface area is 217 Å². The van der Waals surface area contributed by atoms with E-state index in [1.165, 1.54) is 0 Å². The van der Waals surface area contributed by atoms with Crippen molar-refractivity contribution < 1.29 is 23.8 Å². The van der Waals surface area contributed by atoms with Crippen LogP contribution >= 0.6 is 11.6 Å². The van der Waals surface area contributed by atoms with Crippen molar-refractivity contribution in [2.75, 3.05) is 14.2 Å². The first kappa shape index (κ1) is 25.8. The molecule has 2 aromatic rings. The second-order valence-corrected chi connectivity index (χ2v) is 9.68. The van der Waals surface area contributed by atoms with Crippen LogP contribution in [0.1, 0.15) is 63.0 Å². The van der Waals surface area contributed by atoms with Crippen molar-refractivity contribution in [2.24, 2.45) is 0 Å². The predicted octanol–water partition coefficient (Wildman–Crippen LogP) is 6.06. The number of nitrogens with one attached hydrogen (secondary N) is 1.